The summed E-state index contributed by atoms with van der Waals surface area (Å²) in [6.45, 7) is 18.7. The highest BCUT2D eigenvalue weighted by Crippen LogP contribution is 2.40. The molecule has 0 aliphatic heterocycles. The largest absolute Gasteiger partial charge is 0.146 e. The molecule has 0 nitrogen and oxygen atoms in total. The van der Waals surface area contributed by atoms with Gasteiger partial charge >= 0.3 is 0 Å². The molecule has 0 saturated carbocycles. The van der Waals surface area contributed by atoms with Crippen LogP contribution in [-0.4, -0.2) is 8.07 Å². The van der Waals surface area contributed by atoms with E-state index in [1.165, 1.54) is 25.7 Å². The molecule has 0 rings (SSSR count). The van der Waals surface area contributed by atoms with E-state index in [9.17, 15) is 0 Å². The van der Waals surface area contributed by atoms with Crippen LogP contribution >= 0.6 is 0 Å². The molecule has 0 aromatic heterocycles. The number of hydrogen-bond donors (Lipinski definition) is 0. The van der Waals surface area contributed by atoms with Crippen molar-refractivity contribution < 1.29 is 0 Å². The lowest BCUT2D eigenvalue weighted by Crippen LogP contribution is -2.43. The summed E-state index contributed by atoms with van der Waals surface area (Å²) in [5.74, 6) is 10.2. The lowest BCUT2D eigenvalue weighted by molar-refractivity contribution is 0.813. The van der Waals surface area contributed by atoms with Crippen molar-refractivity contribution in [2.24, 2.45) is 0 Å². The van der Waals surface area contributed by atoms with Gasteiger partial charge in [0.25, 0.3) is 0 Å². The molecule has 1 heteroatoms. The zero-order chi connectivity index (χ0) is 18.6. The lowest BCUT2D eigenvalue weighted by atomic mass is 10.1. The van der Waals surface area contributed by atoms with Gasteiger partial charge in [0.15, 0.2) is 0 Å². The van der Waals surface area contributed by atoms with E-state index >= 15 is 0 Å². The fourth-order valence-electron chi connectivity index (χ4n) is 3.62. The highest BCUT2D eigenvalue weighted by atomic mass is 28.3. The van der Waals surface area contributed by atoms with Gasteiger partial charge in [0, 0.05) is 6.42 Å². The summed E-state index contributed by atoms with van der Waals surface area (Å²) in [7, 11) is -1.66. The molecule has 0 fully saturated rings. The van der Waals surface area contributed by atoms with Crippen LogP contribution in [0.4, 0.5) is 0 Å². The summed E-state index contributed by atoms with van der Waals surface area (Å²) < 4.78 is 0. The van der Waals surface area contributed by atoms with Gasteiger partial charge in [-0.05, 0) is 29.5 Å². The van der Waals surface area contributed by atoms with Crippen molar-refractivity contribution in [1.82, 2.24) is 0 Å². The molecule has 0 atom stereocenters. The third-order valence-electron chi connectivity index (χ3n) is 5.06. The number of unbranched alkanes of at least 4 members (excludes halogenated alkanes) is 4. The first-order chi connectivity index (χ1) is 11.3. The zero-order valence-electron chi connectivity index (χ0n) is 17.6. The topological polar surface area (TPSA) is 0 Å². The highest BCUT2D eigenvalue weighted by molar-refractivity contribution is 6.90. The molecule has 0 heterocycles. The van der Waals surface area contributed by atoms with E-state index < -0.39 is 8.07 Å². The molecule has 24 heavy (non-hydrogen) atoms. The van der Waals surface area contributed by atoms with E-state index in [2.05, 4.69) is 84.8 Å². The number of hydrogen-bond acceptors (Lipinski definition) is 0. The molecule has 136 valence electrons. The van der Waals surface area contributed by atoms with Gasteiger partial charge in [-0.1, -0.05) is 98.5 Å². The van der Waals surface area contributed by atoms with Gasteiger partial charge in [0.2, 0.25) is 0 Å². The van der Waals surface area contributed by atoms with Crippen molar-refractivity contribution in [3.8, 4) is 23.3 Å². The molecule has 0 unspecified atom stereocenters. The van der Waals surface area contributed by atoms with Crippen LogP contribution < -0.4 is 0 Å². The first-order valence-electron chi connectivity index (χ1n) is 10.0. The molecule has 0 bridgehead atoms. The second kappa shape index (κ2) is 12.4. The fourth-order valence-corrected chi connectivity index (χ4v) is 8.83. The summed E-state index contributed by atoms with van der Waals surface area (Å²) in [5, 5.41) is 0. The van der Waals surface area contributed by atoms with Crippen molar-refractivity contribution in [2.75, 3.05) is 0 Å². The third-order valence-corrected chi connectivity index (χ3v) is 11.4. The molecule has 0 aliphatic rings. The minimum absolute atomic E-state index is 0.676. The maximum atomic E-state index is 3.82. The monoisotopic (exact) mass is 344 g/mol. The van der Waals surface area contributed by atoms with Crippen LogP contribution in [0.3, 0.4) is 0 Å². The second-order valence-corrected chi connectivity index (χ2v) is 13.4. The predicted molar refractivity (Wildman–Crippen MR) is 114 cm³/mol. The standard InChI is InChI=1S/C23H40Si/c1-9-11-13-15-17-23(16-14-12-10-2)18-19-24(20(3)4,21(5)6)22(7)8/h16,20-22H,9-14H2,1-8H3/b23-16-. The lowest BCUT2D eigenvalue weighted by Gasteiger charge is -2.38. The van der Waals surface area contributed by atoms with Gasteiger partial charge in [-0.2, -0.15) is 0 Å². The Morgan fingerprint density at radius 1 is 0.833 bits per heavy atom. The van der Waals surface area contributed by atoms with Crippen molar-refractivity contribution in [3.63, 3.8) is 0 Å². The Kier molecular flexibility index (Phi) is 12.0. The smallest absolute Gasteiger partial charge is 0.124 e. The van der Waals surface area contributed by atoms with Crippen LogP contribution in [0.2, 0.25) is 16.6 Å². The van der Waals surface area contributed by atoms with Crippen LogP contribution in [-0.2, 0) is 0 Å². The Morgan fingerprint density at radius 2 is 1.38 bits per heavy atom. The molecule has 0 aromatic rings. The van der Waals surface area contributed by atoms with E-state index in [0.717, 1.165) is 18.4 Å². The van der Waals surface area contributed by atoms with Gasteiger partial charge in [-0.25, -0.2) is 0 Å². The highest BCUT2D eigenvalue weighted by Gasteiger charge is 2.41. The van der Waals surface area contributed by atoms with Crippen LogP contribution in [0.25, 0.3) is 0 Å². The van der Waals surface area contributed by atoms with Crippen LogP contribution in [0.1, 0.15) is 93.9 Å². The Hall–Kier alpha value is -0.923. The fraction of sp³-hybridized carbons (Fsp3) is 0.739. The Bertz CT molecular complexity index is 464. The zero-order valence-corrected chi connectivity index (χ0v) is 18.6. The quantitative estimate of drug-likeness (QED) is 0.243. The van der Waals surface area contributed by atoms with Gasteiger partial charge in [0.1, 0.15) is 8.07 Å². The number of rotatable bonds is 8. The summed E-state index contributed by atoms with van der Waals surface area (Å²) in [4.78, 5) is 0. The minimum Gasteiger partial charge on any atom is -0.124 e. The molecule has 0 aromatic carbocycles. The second-order valence-electron chi connectivity index (χ2n) is 7.81. The van der Waals surface area contributed by atoms with Crippen LogP contribution in [0.5, 0.6) is 0 Å². The van der Waals surface area contributed by atoms with E-state index in [0.29, 0.717) is 16.6 Å². The van der Waals surface area contributed by atoms with Gasteiger partial charge in [-0.15, -0.1) is 5.54 Å². The Labute approximate surface area is 153 Å². The SMILES string of the molecule is CCCCC#C/C(C#C[Si](C(C)C)(C(C)C)C(C)C)=C/CCCC. The summed E-state index contributed by atoms with van der Waals surface area (Å²) in [5.41, 5.74) is 6.91. The molecule has 0 amide bonds. The third kappa shape index (κ3) is 7.32. The molecule has 0 N–H and O–H groups in total. The van der Waals surface area contributed by atoms with E-state index in [1.54, 1.807) is 0 Å². The van der Waals surface area contributed by atoms with Gasteiger partial charge < -0.3 is 0 Å². The van der Waals surface area contributed by atoms with Crippen molar-refractivity contribution in [1.29, 1.82) is 0 Å². The molecule has 0 spiro atoms. The van der Waals surface area contributed by atoms with Crippen LogP contribution in [0.15, 0.2) is 11.6 Å². The average molecular weight is 345 g/mol. The van der Waals surface area contributed by atoms with Crippen molar-refractivity contribution in [2.45, 2.75) is 111 Å². The molecule has 0 radical (unpaired) electrons. The maximum absolute atomic E-state index is 3.82. The predicted octanol–water partition coefficient (Wildman–Crippen LogP) is 7.52. The van der Waals surface area contributed by atoms with Crippen molar-refractivity contribution >= 4 is 8.07 Å². The van der Waals surface area contributed by atoms with Crippen molar-refractivity contribution in [3.05, 3.63) is 11.6 Å². The Balaban J connectivity index is 5.61. The normalized spacial score (nSPS) is 12.2. The van der Waals surface area contributed by atoms with Gasteiger partial charge in [0.05, 0.1) is 5.57 Å². The average Bonchev–Trinajstić information content (AvgIpc) is 2.50. The summed E-state index contributed by atoms with van der Waals surface area (Å²) in [6, 6.07) is 0. The first kappa shape index (κ1) is 23.1. The molecule has 0 aliphatic carbocycles. The Morgan fingerprint density at radius 3 is 1.83 bits per heavy atom. The molecule has 0 saturated heterocycles. The minimum atomic E-state index is -1.66. The first-order valence-corrected chi connectivity index (χ1v) is 12.3. The number of allylic oxidation sites excluding steroid dienone is 2. The van der Waals surface area contributed by atoms with Crippen LogP contribution in [0, 0.1) is 23.3 Å². The van der Waals surface area contributed by atoms with Gasteiger partial charge in [-0.3, -0.25) is 0 Å². The van der Waals surface area contributed by atoms with E-state index in [4.69, 9.17) is 0 Å². The molecular formula is C23H40Si. The maximum Gasteiger partial charge on any atom is 0.146 e. The van der Waals surface area contributed by atoms with E-state index in [-0.39, 0.29) is 0 Å². The molecular weight excluding hydrogens is 304 g/mol. The summed E-state index contributed by atoms with van der Waals surface area (Å²) >= 11 is 0. The summed E-state index contributed by atoms with van der Waals surface area (Å²) in [6.07, 6.45) is 9.21. The van der Waals surface area contributed by atoms with E-state index in [1.807, 2.05) is 0 Å².